The summed E-state index contributed by atoms with van der Waals surface area (Å²) in [5.74, 6) is 1.21. The van der Waals surface area contributed by atoms with Crippen LogP contribution in [0.1, 0.15) is 0 Å². The summed E-state index contributed by atoms with van der Waals surface area (Å²) >= 11 is 5.79. The average molecular weight is 306 g/mol. The molecule has 5 heteroatoms. The highest BCUT2D eigenvalue weighted by atomic mass is 35.5. The minimum atomic E-state index is -0.143. The van der Waals surface area contributed by atoms with E-state index in [-0.39, 0.29) is 12.5 Å². The maximum Gasteiger partial charge on any atom is 0.264 e. The molecule has 0 atom stereocenters. The van der Waals surface area contributed by atoms with E-state index >= 15 is 0 Å². The van der Waals surface area contributed by atoms with Crippen LogP contribution in [0.25, 0.3) is 0 Å². The van der Waals surface area contributed by atoms with Gasteiger partial charge in [0, 0.05) is 17.8 Å². The first-order valence-corrected chi connectivity index (χ1v) is 6.77. The van der Waals surface area contributed by atoms with Gasteiger partial charge in [0.15, 0.2) is 6.61 Å². The molecule has 0 spiro atoms. The molecule has 0 saturated heterocycles. The molecule has 0 unspecified atom stereocenters. The topological polar surface area (TPSA) is 38.8 Å². The molecule has 21 heavy (non-hydrogen) atoms. The number of benzene rings is 2. The van der Waals surface area contributed by atoms with Gasteiger partial charge in [0.2, 0.25) is 0 Å². The molecule has 2 rings (SSSR count). The monoisotopic (exact) mass is 305 g/mol. The quantitative estimate of drug-likeness (QED) is 0.850. The molecule has 0 N–H and O–H groups in total. The van der Waals surface area contributed by atoms with Gasteiger partial charge in [0.1, 0.15) is 11.5 Å². The van der Waals surface area contributed by atoms with Gasteiger partial charge in [0.25, 0.3) is 5.91 Å². The Morgan fingerprint density at radius 2 is 1.62 bits per heavy atom. The summed E-state index contributed by atoms with van der Waals surface area (Å²) in [6.45, 7) is -0.0375. The fourth-order valence-electron chi connectivity index (χ4n) is 1.72. The maximum absolute atomic E-state index is 12.1. The number of ether oxygens (including phenoxy) is 2. The standard InChI is InChI=1S/C16H16ClNO3/c1-18(13-5-9-14(20-2)10-6-13)16(19)11-21-15-7-3-12(17)4-8-15/h3-10H,11H2,1-2H3. The van der Waals surface area contributed by atoms with Gasteiger partial charge in [-0.15, -0.1) is 0 Å². The van der Waals surface area contributed by atoms with Crippen molar-refractivity contribution < 1.29 is 14.3 Å². The van der Waals surface area contributed by atoms with Crippen molar-refractivity contribution in [1.29, 1.82) is 0 Å². The number of rotatable bonds is 5. The summed E-state index contributed by atoms with van der Waals surface area (Å²) in [5.41, 5.74) is 0.778. The fraction of sp³-hybridized carbons (Fsp3) is 0.188. The summed E-state index contributed by atoms with van der Waals surface area (Å²) in [4.78, 5) is 13.6. The van der Waals surface area contributed by atoms with Crippen molar-refractivity contribution in [2.45, 2.75) is 0 Å². The number of hydrogen-bond acceptors (Lipinski definition) is 3. The lowest BCUT2D eigenvalue weighted by Crippen LogP contribution is -2.31. The van der Waals surface area contributed by atoms with Crippen molar-refractivity contribution in [3.8, 4) is 11.5 Å². The van der Waals surface area contributed by atoms with E-state index in [0.29, 0.717) is 10.8 Å². The zero-order valence-corrected chi connectivity index (χ0v) is 12.6. The van der Waals surface area contributed by atoms with Crippen molar-refractivity contribution in [3.63, 3.8) is 0 Å². The van der Waals surface area contributed by atoms with Crippen molar-refractivity contribution >= 4 is 23.2 Å². The third-order valence-electron chi connectivity index (χ3n) is 3.01. The first-order chi connectivity index (χ1) is 10.1. The Morgan fingerprint density at radius 3 is 2.19 bits per heavy atom. The van der Waals surface area contributed by atoms with E-state index in [2.05, 4.69) is 0 Å². The van der Waals surface area contributed by atoms with Crippen LogP contribution in [0.15, 0.2) is 48.5 Å². The van der Waals surface area contributed by atoms with Crippen molar-refractivity contribution in [1.82, 2.24) is 0 Å². The van der Waals surface area contributed by atoms with E-state index < -0.39 is 0 Å². The molecule has 0 radical (unpaired) electrons. The first-order valence-electron chi connectivity index (χ1n) is 6.39. The van der Waals surface area contributed by atoms with Crippen molar-refractivity contribution in [3.05, 3.63) is 53.6 Å². The lowest BCUT2D eigenvalue weighted by Gasteiger charge is -2.18. The van der Waals surface area contributed by atoms with Gasteiger partial charge in [0.05, 0.1) is 7.11 Å². The van der Waals surface area contributed by atoms with Crippen LogP contribution in [0.3, 0.4) is 0 Å². The van der Waals surface area contributed by atoms with Gasteiger partial charge in [-0.2, -0.15) is 0 Å². The highest BCUT2D eigenvalue weighted by Gasteiger charge is 2.11. The maximum atomic E-state index is 12.1. The second-order valence-electron chi connectivity index (χ2n) is 4.39. The van der Waals surface area contributed by atoms with Gasteiger partial charge >= 0.3 is 0 Å². The number of carbonyl (C=O) groups is 1. The highest BCUT2D eigenvalue weighted by molar-refractivity contribution is 6.30. The lowest BCUT2D eigenvalue weighted by molar-refractivity contribution is -0.120. The summed E-state index contributed by atoms with van der Waals surface area (Å²) in [6.07, 6.45) is 0. The summed E-state index contributed by atoms with van der Waals surface area (Å²) in [6, 6.07) is 14.1. The summed E-state index contributed by atoms with van der Waals surface area (Å²) in [5, 5.41) is 0.629. The molecule has 0 aliphatic carbocycles. The van der Waals surface area contributed by atoms with E-state index in [9.17, 15) is 4.79 Å². The second kappa shape index (κ2) is 6.99. The van der Waals surface area contributed by atoms with Gasteiger partial charge in [-0.05, 0) is 48.5 Å². The Bertz CT molecular complexity index is 596. The number of amides is 1. The number of hydrogen-bond donors (Lipinski definition) is 0. The predicted octanol–water partition coefficient (Wildman–Crippen LogP) is 3.39. The van der Waals surface area contributed by atoms with Gasteiger partial charge < -0.3 is 14.4 Å². The van der Waals surface area contributed by atoms with Crippen LogP contribution in [0, 0.1) is 0 Å². The normalized spacial score (nSPS) is 10.0. The molecule has 110 valence electrons. The highest BCUT2D eigenvalue weighted by Crippen LogP contribution is 2.19. The van der Waals surface area contributed by atoms with E-state index in [0.717, 1.165) is 11.4 Å². The van der Waals surface area contributed by atoms with Crippen molar-refractivity contribution in [2.24, 2.45) is 0 Å². The van der Waals surface area contributed by atoms with Crippen LogP contribution in [0.4, 0.5) is 5.69 Å². The van der Waals surface area contributed by atoms with Gasteiger partial charge in [-0.3, -0.25) is 4.79 Å². The SMILES string of the molecule is COc1ccc(N(C)C(=O)COc2ccc(Cl)cc2)cc1. The van der Waals surface area contributed by atoms with Crippen LogP contribution in [-0.2, 0) is 4.79 Å². The Morgan fingerprint density at radius 1 is 1.05 bits per heavy atom. The minimum absolute atomic E-state index is 0.0375. The molecule has 0 saturated carbocycles. The number of halogens is 1. The zero-order chi connectivity index (χ0) is 15.2. The van der Waals surface area contributed by atoms with Crippen LogP contribution in [0.2, 0.25) is 5.02 Å². The van der Waals surface area contributed by atoms with Crippen molar-refractivity contribution in [2.75, 3.05) is 25.7 Å². The van der Waals surface area contributed by atoms with Crippen LogP contribution in [-0.4, -0.2) is 26.7 Å². The first kappa shape index (κ1) is 15.2. The molecule has 4 nitrogen and oxygen atoms in total. The Labute approximate surface area is 128 Å². The molecular weight excluding hydrogens is 290 g/mol. The molecule has 0 bridgehead atoms. The minimum Gasteiger partial charge on any atom is -0.497 e. The van der Waals surface area contributed by atoms with Gasteiger partial charge in [-0.1, -0.05) is 11.6 Å². The molecule has 0 aliphatic heterocycles. The van der Waals surface area contributed by atoms with Crippen LogP contribution < -0.4 is 14.4 Å². The molecule has 0 heterocycles. The number of methoxy groups -OCH3 is 1. The average Bonchev–Trinajstić information content (AvgIpc) is 2.53. The molecule has 0 aliphatic rings. The summed E-state index contributed by atoms with van der Waals surface area (Å²) in [7, 11) is 3.30. The van der Waals surface area contributed by atoms with E-state index in [1.54, 1.807) is 50.6 Å². The molecule has 2 aromatic rings. The molecular formula is C16H16ClNO3. The molecule has 0 aromatic heterocycles. The van der Waals surface area contributed by atoms with Crippen LogP contribution >= 0.6 is 11.6 Å². The Hall–Kier alpha value is -2.20. The number of nitrogens with zero attached hydrogens (tertiary/aromatic N) is 1. The third kappa shape index (κ3) is 4.13. The summed E-state index contributed by atoms with van der Waals surface area (Å²) < 4.78 is 10.5. The zero-order valence-electron chi connectivity index (χ0n) is 11.9. The molecule has 2 aromatic carbocycles. The van der Waals surface area contributed by atoms with E-state index in [4.69, 9.17) is 21.1 Å². The van der Waals surface area contributed by atoms with Gasteiger partial charge in [-0.25, -0.2) is 0 Å². The Balaban J connectivity index is 1.93. The fourth-order valence-corrected chi connectivity index (χ4v) is 1.85. The van der Waals surface area contributed by atoms with E-state index in [1.165, 1.54) is 4.90 Å². The number of anilines is 1. The number of likely N-dealkylation sites (N-methyl/N-ethyl adjacent to an activating group) is 1. The second-order valence-corrected chi connectivity index (χ2v) is 4.83. The van der Waals surface area contributed by atoms with Crippen LogP contribution in [0.5, 0.6) is 11.5 Å². The Kier molecular flexibility index (Phi) is 5.06. The number of carbonyl (C=O) groups excluding carboxylic acids is 1. The smallest absolute Gasteiger partial charge is 0.264 e. The third-order valence-corrected chi connectivity index (χ3v) is 3.26. The molecule has 0 fully saturated rings. The lowest BCUT2D eigenvalue weighted by atomic mass is 10.3. The largest absolute Gasteiger partial charge is 0.497 e. The predicted molar refractivity (Wildman–Crippen MR) is 83.4 cm³/mol. The van der Waals surface area contributed by atoms with E-state index in [1.807, 2.05) is 12.1 Å². The molecule has 1 amide bonds.